The molecule has 178 valence electrons. The van der Waals surface area contributed by atoms with E-state index in [2.05, 4.69) is 15.9 Å². The number of nitrogens with zero attached hydrogens (tertiary/aromatic N) is 2. The van der Waals surface area contributed by atoms with Crippen LogP contribution in [-0.4, -0.2) is 28.1 Å². The van der Waals surface area contributed by atoms with Gasteiger partial charge in [0.1, 0.15) is 6.61 Å². The van der Waals surface area contributed by atoms with Crippen LogP contribution in [0.3, 0.4) is 0 Å². The van der Waals surface area contributed by atoms with Gasteiger partial charge in [-0.2, -0.15) is 0 Å². The minimum Gasteiger partial charge on any atom is -0.493 e. The van der Waals surface area contributed by atoms with Crippen LogP contribution in [0.15, 0.2) is 76.1 Å². The van der Waals surface area contributed by atoms with Crippen molar-refractivity contribution in [2.75, 3.05) is 7.11 Å². The van der Waals surface area contributed by atoms with Crippen LogP contribution in [0.2, 0.25) is 0 Å². The van der Waals surface area contributed by atoms with Gasteiger partial charge >= 0.3 is 0 Å². The maximum absolute atomic E-state index is 12.8. The molecule has 0 aliphatic carbocycles. The van der Waals surface area contributed by atoms with Gasteiger partial charge in [-0.15, -0.1) is 0 Å². The first-order valence-corrected chi connectivity index (χ1v) is 12.0. The summed E-state index contributed by atoms with van der Waals surface area (Å²) in [6, 6.07) is 18.7. The molecule has 3 aromatic rings. The summed E-state index contributed by atoms with van der Waals surface area (Å²) in [4.78, 5) is 37.2. The molecule has 1 aliphatic rings. The number of carbonyl (C=O) groups is 2. The molecule has 0 bridgehead atoms. The Bertz CT molecular complexity index is 1310. The van der Waals surface area contributed by atoms with Crippen molar-refractivity contribution in [3.63, 3.8) is 0 Å². The van der Waals surface area contributed by atoms with Crippen LogP contribution in [0.4, 0.5) is 10.5 Å². The van der Waals surface area contributed by atoms with Crippen molar-refractivity contribution >= 4 is 50.6 Å². The lowest BCUT2D eigenvalue weighted by Crippen LogP contribution is -2.27. The van der Waals surface area contributed by atoms with E-state index in [1.54, 1.807) is 36.4 Å². The number of nitro groups is 1. The number of non-ortho nitro benzene ring substituents is 1. The quantitative estimate of drug-likeness (QED) is 0.186. The summed E-state index contributed by atoms with van der Waals surface area (Å²) in [5.41, 5.74) is 2.31. The van der Waals surface area contributed by atoms with Gasteiger partial charge in [0.2, 0.25) is 0 Å². The maximum Gasteiger partial charge on any atom is 0.293 e. The average molecular weight is 555 g/mol. The largest absolute Gasteiger partial charge is 0.493 e. The fourth-order valence-electron chi connectivity index (χ4n) is 3.33. The highest BCUT2D eigenvalue weighted by Gasteiger charge is 2.35. The molecule has 0 spiro atoms. The van der Waals surface area contributed by atoms with E-state index in [1.807, 2.05) is 24.3 Å². The fraction of sp³-hybridized carbons (Fsp3) is 0.120. The number of nitro benzene ring substituents is 1. The number of rotatable bonds is 8. The third-order valence-corrected chi connectivity index (χ3v) is 6.59. The molecule has 3 aromatic carbocycles. The molecule has 1 saturated heterocycles. The van der Waals surface area contributed by atoms with Gasteiger partial charge in [0.15, 0.2) is 11.5 Å². The standard InChI is InChI=1S/C25H19BrN2O6S/c1-33-22-12-18(6-11-21(22)34-15-17-4-9-20(10-5-17)28(31)32)13-23-24(29)27(25(30)35-23)14-16-2-7-19(26)8-3-16/h2-13H,14-15H2,1H3/b23-13-. The zero-order chi connectivity index (χ0) is 24.9. The van der Waals surface area contributed by atoms with E-state index >= 15 is 0 Å². The molecule has 0 radical (unpaired) electrons. The third-order valence-electron chi connectivity index (χ3n) is 5.15. The molecule has 8 nitrogen and oxygen atoms in total. The molecule has 0 saturated carbocycles. The molecule has 1 heterocycles. The van der Waals surface area contributed by atoms with Crippen molar-refractivity contribution in [2.45, 2.75) is 13.2 Å². The van der Waals surface area contributed by atoms with Crippen molar-refractivity contribution in [3.05, 3.63) is 103 Å². The summed E-state index contributed by atoms with van der Waals surface area (Å²) in [5.74, 6) is 0.585. The van der Waals surface area contributed by atoms with Crippen molar-refractivity contribution in [3.8, 4) is 11.5 Å². The molecular formula is C25H19BrN2O6S. The number of benzene rings is 3. The Labute approximate surface area is 213 Å². The van der Waals surface area contributed by atoms with Crippen LogP contribution in [0, 0.1) is 10.1 Å². The van der Waals surface area contributed by atoms with Crippen LogP contribution in [-0.2, 0) is 17.9 Å². The number of halogens is 1. The van der Waals surface area contributed by atoms with E-state index in [0.717, 1.165) is 27.4 Å². The highest BCUT2D eigenvalue weighted by atomic mass is 79.9. The minimum absolute atomic E-state index is 0.0111. The van der Waals surface area contributed by atoms with Crippen LogP contribution < -0.4 is 9.47 Å². The Morgan fingerprint density at radius 2 is 1.69 bits per heavy atom. The Morgan fingerprint density at radius 1 is 1.00 bits per heavy atom. The Balaban J connectivity index is 1.45. The van der Waals surface area contributed by atoms with Gasteiger partial charge in [-0.1, -0.05) is 34.1 Å². The molecule has 1 fully saturated rings. The topological polar surface area (TPSA) is 99.0 Å². The van der Waals surface area contributed by atoms with E-state index in [-0.39, 0.29) is 30.0 Å². The fourth-order valence-corrected chi connectivity index (χ4v) is 4.43. The summed E-state index contributed by atoms with van der Waals surface area (Å²) in [6.45, 7) is 0.399. The summed E-state index contributed by atoms with van der Waals surface area (Å²) in [7, 11) is 1.50. The zero-order valence-corrected chi connectivity index (χ0v) is 20.9. The van der Waals surface area contributed by atoms with Crippen LogP contribution >= 0.6 is 27.7 Å². The Kier molecular flexibility index (Phi) is 7.52. The van der Waals surface area contributed by atoms with Gasteiger partial charge < -0.3 is 9.47 Å². The highest BCUT2D eigenvalue weighted by Crippen LogP contribution is 2.35. The number of ether oxygens (including phenoxy) is 2. The summed E-state index contributed by atoms with van der Waals surface area (Å²) >= 11 is 4.27. The average Bonchev–Trinajstić information content (AvgIpc) is 3.11. The van der Waals surface area contributed by atoms with Gasteiger partial charge in [0.05, 0.1) is 23.5 Å². The van der Waals surface area contributed by atoms with E-state index < -0.39 is 4.92 Å². The molecule has 0 N–H and O–H groups in total. The molecule has 35 heavy (non-hydrogen) atoms. The maximum atomic E-state index is 12.8. The van der Waals surface area contributed by atoms with Crippen LogP contribution in [0.25, 0.3) is 6.08 Å². The normalized spacial score (nSPS) is 14.5. The van der Waals surface area contributed by atoms with Gasteiger partial charge in [-0.25, -0.2) is 0 Å². The Hall–Kier alpha value is -3.63. The molecule has 0 atom stereocenters. The van der Waals surface area contributed by atoms with E-state index in [4.69, 9.17) is 9.47 Å². The molecule has 0 unspecified atom stereocenters. The summed E-state index contributed by atoms with van der Waals surface area (Å²) < 4.78 is 12.2. The molecule has 1 aliphatic heterocycles. The van der Waals surface area contributed by atoms with Gasteiger partial charge in [0, 0.05) is 16.6 Å². The van der Waals surface area contributed by atoms with Gasteiger partial charge in [0.25, 0.3) is 16.8 Å². The monoisotopic (exact) mass is 554 g/mol. The lowest BCUT2D eigenvalue weighted by atomic mass is 10.1. The third kappa shape index (κ3) is 5.90. The highest BCUT2D eigenvalue weighted by molar-refractivity contribution is 9.10. The molecular weight excluding hydrogens is 536 g/mol. The smallest absolute Gasteiger partial charge is 0.293 e. The van der Waals surface area contributed by atoms with Gasteiger partial charge in [-0.3, -0.25) is 24.6 Å². The number of carbonyl (C=O) groups excluding carboxylic acids is 2. The Morgan fingerprint density at radius 3 is 2.34 bits per heavy atom. The lowest BCUT2D eigenvalue weighted by Gasteiger charge is -2.12. The molecule has 4 rings (SSSR count). The number of thioether (sulfide) groups is 1. The van der Waals surface area contributed by atoms with Gasteiger partial charge in [-0.05, 0) is 70.9 Å². The van der Waals surface area contributed by atoms with E-state index in [0.29, 0.717) is 22.0 Å². The first-order valence-electron chi connectivity index (χ1n) is 10.4. The summed E-state index contributed by atoms with van der Waals surface area (Å²) in [6.07, 6.45) is 1.65. The second kappa shape index (κ2) is 10.7. The van der Waals surface area contributed by atoms with Crippen molar-refractivity contribution in [1.29, 1.82) is 0 Å². The lowest BCUT2D eigenvalue weighted by molar-refractivity contribution is -0.384. The zero-order valence-electron chi connectivity index (χ0n) is 18.5. The van der Waals surface area contributed by atoms with Crippen molar-refractivity contribution in [2.24, 2.45) is 0 Å². The molecule has 0 aromatic heterocycles. The summed E-state index contributed by atoms with van der Waals surface area (Å²) in [5, 5.41) is 10.5. The second-order valence-electron chi connectivity index (χ2n) is 7.52. The predicted molar refractivity (Wildman–Crippen MR) is 136 cm³/mol. The van der Waals surface area contributed by atoms with E-state index in [9.17, 15) is 19.7 Å². The number of methoxy groups -OCH3 is 1. The second-order valence-corrected chi connectivity index (χ2v) is 9.43. The van der Waals surface area contributed by atoms with Crippen LogP contribution in [0.1, 0.15) is 16.7 Å². The molecule has 10 heteroatoms. The first kappa shape index (κ1) is 24.5. The predicted octanol–water partition coefficient (Wildman–Crippen LogP) is 6.18. The number of hydrogen-bond donors (Lipinski definition) is 0. The SMILES string of the molecule is COc1cc(/C=C2\SC(=O)N(Cc3ccc(Br)cc3)C2=O)ccc1OCc1ccc([N+](=O)[O-])cc1. The number of amides is 2. The number of hydrogen-bond acceptors (Lipinski definition) is 7. The van der Waals surface area contributed by atoms with Crippen molar-refractivity contribution in [1.82, 2.24) is 4.90 Å². The van der Waals surface area contributed by atoms with E-state index in [1.165, 1.54) is 24.1 Å². The first-order chi connectivity index (χ1) is 16.8. The van der Waals surface area contributed by atoms with Crippen molar-refractivity contribution < 1.29 is 24.0 Å². The van der Waals surface area contributed by atoms with Crippen LogP contribution in [0.5, 0.6) is 11.5 Å². The number of imide groups is 1. The minimum atomic E-state index is -0.456. The molecule has 2 amide bonds.